The van der Waals surface area contributed by atoms with Gasteiger partial charge in [0.25, 0.3) is 10.0 Å². The predicted octanol–water partition coefficient (Wildman–Crippen LogP) is 4.69. The van der Waals surface area contributed by atoms with E-state index in [9.17, 15) is 13.2 Å². The van der Waals surface area contributed by atoms with E-state index in [4.69, 9.17) is 9.47 Å². The fourth-order valence-corrected chi connectivity index (χ4v) is 4.84. The molecule has 0 bridgehead atoms. The Kier molecular flexibility index (Phi) is 8.76. The van der Waals surface area contributed by atoms with Gasteiger partial charge in [0.2, 0.25) is 5.91 Å². The zero-order valence-electron chi connectivity index (χ0n) is 20.5. The Morgan fingerprint density at radius 1 is 0.971 bits per heavy atom. The van der Waals surface area contributed by atoms with Crippen molar-refractivity contribution >= 4 is 21.6 Å². The van der Waals surface area contributed by atoms with E-state index >= 15 is 0 Å². The first-order valence-electron chi connectivity index (χ1n) is 11.5. The van der Waals surface area contributed by atoms with E-state index in [0.29, 0.717) is 23.8 Å². The highest BCUT2D eigenvalue weighted by atomic mass is 32.2. The molecule has 1 N–H and O–H groups in total. The summed E-state index contributed by atoms with van der Waals surface area (Å²) in [5, 5.41) is 2.82. The molecule has 0 saturated carbocycles. The highest BCUT2D eigenvalue weighted by molar-refractivity contribution is 7.92. The van der Waals surface area contributed by atoms with Crippen LogP contribution in [-0.4, -0.2) is 33.6 Å². The number of carbonyl (C=O) groups excluding carboxylic acids is 1. The summed E-state index contributed by atoms with van der Waals surface area (Å²) < 4.78 is 39.3. The molecule has 35 heavy (non-hydrogen) atoms. The molecular weight excluding hydrogens is 464 g/mol. The lowest BCUT2D eigenvalue weighted by Crippen LogP contribution is -2.40. The van der Waals surface area contributed by atoms with Gasteiger partial charge in [-0.05, 0) is 81.8 Å². The Balaban J connectivity index is 1.81. The fraction of sp³-hybridized carbons (Fsp3) is 0.296. The molecule has 0 saturated heterocycles. The Bertz CT molecular complexity index is 1220. The number of nitrogens with zero attached hydrogens (tertiary/aromatic N) is 1. The normalized spacial score (nSPS) is 11.2. The molecular formula is C27H32N2O5S. The summed E-state index contributed by atoms with van der Waals surface area (Å²) in [6, 6.07) is 20.6. The van der Waals surface area contributed by atoms with Crippen molar-refractivity contribution in [2.45, 2.75) is 45.2 Å². The maximum atomic E-state index is 13.5. The molecule has 1 amide bonds. The third-order valence-corrected chi connectivity index (χ3v) is 6.88. The zero-order valence-corrected chi connectivity index (χ0v) is 21.3. The first-order chi connectivity index (χ1) is 16.7. The Morgan fingerprint density at radius 2 is 1.66 bits per heavy atom. The summed E-state index contributed by atoms with van der Waals surface area (Å²) >= 11 is 0. The minimum Gasteiger partial charge on any atom is -0.494 e. The SMILES string of the molecule is CCOc1ccc(N(CC(=O)NCc2cccc(OC(C)C)c2)S(=O)(=O)c2ccc(C)cc2)cc1. The average Bonchev–Trinajstić information content (AvgIpc) is 2.82. The first-order valence-corrected chi connectivity index (χ1v) is 13.0. The van der Waals surface area contributed by atoms with Crippen LogP contribution in [0.1, 0.15) is 31.9 Å². The van der Waals surface area contributed by atoms with E-state index in [1.165, 1.54) is 0 Å². The summed E-state index contributed by atoms with van der Waals surface area (Å²) in [6.45, 7) is 8.02. The summed E-state index contributed by atoms with van der Waals surface area (Å²) in [5.74, 6) is 0.909. The summed E-state index contributed by atoms with van der Waals surface area (Å²) in [5.41, 5.74) is 2.17. The van der Waals surface area contributed by atoms with E-state index in [-0.39, 0.29) is 24.1 Å². The number of anilines is 1. The molecule has 3 rings (SSSR count). The molecule has 0 radical (unpaired) electrons. The van der Waals surface area contributed by atoms with E-state index < -0.39 is 15.9 Å². The number of benzene rings is 3. The third kappa shape index (κ3) is 7.23. The van der Waals surface area contributed by atoms with Crippen LogP contribution in [-0.2, 0) is 21.4 Å². The van der Waals surface area contributed by atoms with Crippen LogP contribution in [0.3, 0.4) is 0 Å². The molecule has 0 aliphatic carbocycles. The van der Waals surface area contributed by atoms with Gasteiger partial charge in [0.1, 0.15) is 18.0 Å². The van der Waals surface area contributed by atoms with Crippen LogP contribution < -0.4 is 19.1 Å². The molecule has 186 valence electrons. The molecule has 0 aromatic heterocycles. The van der Waals surface area contributed by atoms with Gasteiger partial charge in [-0.25, -0.2) is 8.42 Å². The molecule has 0 unspecified atom stereocenters. The molecule has 7 nitrogen and oxygen atoms in total. The van der Waals surface area contributed by atoms with Crippen LogP contribution in [0.2, 0.25) is 0 Å². The van der Waals surface area contributed by atoms with Crippen LogP contribution >= 0.6 is 0 Å². The number of amides is 1. The molecule has 3 aromatic carbocycles. The van der Waals surface area contributed by atoms with Gasteiger partial charge in [-0.2, -0.15) is 0 Å². The van der Waals surface area contributed by atoms with Crippen LogP contribution in [0.25, 0.3) is 0 Å². The van der Waals surface area contributed by atoms with Crippen LogP contribution in [0.5, 0.6) is 11.5 Å². The topological polar surface area (TPSA) is 84.9 Å². The standard InChI is InChI=1S/C27H32N2O5S/c1-5-33-24-13-11-23(12-14-24)29(35(31,32)26-15-9-21(4)10-16-26)19-27(30)28-18-22-7-6-8-25(17-22)34-20(2)3/h6-17,20H,5,18-19H2,1-4H3,(H,28,30). The van der Waals surface area contributed by atoms with Gasteiger partial charge in [0.15, 0.2) is 0 Å². The third-order valence-electron chi connectivity index (χ3n) is 5.09. The smallest absolute Gasteiger partial charge is 0.264 e. The summed E-state index contributed by atoms with van der Waals surface area (Å²) in [6.07, 6.45) is 0.0366. The fourth-order valence-electron chi connectivity index (χ4n) is 3.42. The number of hydrogen-bond donors (Lipinski definition) is 1. The van der Waals surface area contributed by atoms with Crippen molar-refractivity contribution in [3.63, 3.8) is 0 Å². The van der Waals surface area contributed by atoms with Gasteiger partial charge in [-0.1, -0.05) is 29.8 Å². The number of ether oxygens (including phenoxy) is 2. The van der Waals surface area contributed by atoms with E-state index in [0.717, 1.165) is 15.4 Å². The lowest BCUT2D eigenvalue weighted by Gasteiger charge is -2.24. The second-order valence-corrected chi connectivity index (χ2v) is 10.2. The van der Waals surface area contributed by atoms with E-state index in [2.05, 4.69) is 5.32 Å². The molecule has 8 heteroatoms. The maximum absolute atomic E-state index is 13.5. The largest absolute Gasteiger partial charge is 0.494 e. The number of sulfonamides is 1. The Labute approximate surface area is 207 Å². The number of hydrogen-bond acceptors (Lipinski definition) is 5. The van der Waals surface area contributed by atoms with Gasteiger partial charge in [0, 0.05) is 6.54 Å². The molecule has 0 fully saturated rings. The minimum atomic E-state index is -3.98. The van der Waals surface area contributed by atoms with Crippen molar-refractivity contribution in [1.82, 2.24) is 5.32 Å². The second-order valence-electron chi connectivity index (χ2n) is 8.34. The lowest BCUT2D eigenvalue weighted by atomic mass is 10.2. The van der Waals surface area contributed by atoms with Crippen molar-refractivity contribution in [1.29, 1.82) is 0 Å². The average molecular weight is 497 g/mol. The predicted molar refractivity (Wildman–Crippen MR) is 137 cm³/mol. The maximum Gasteiger partial charge on any atom is 0.264 e. The van der Waals surface area contributed by atoms with E-state index in [1.807, 2.05) is 52.0 Å². The van der Waals surface area contributed by atoms with Crippen LogP contribution in [0.4, 0.5) is 5.69 Å². The van der Waals surface area contributed by atoms with Gasteiger partial charge < -0.3 is 14.8 Å². The minimum absolute atomic E-state index is 0.0366. The molecule has 0 aliphatic rings. The van der Waals surface area contributed by atoms with Crippen molar-refractivity contribution in [2.24, 2.45) is 0 Å². The quantitative estimate of drug-likeness (QED) is 0.416. The number of nitrogens with one attached hydrogen (secondary N) is 1. The monoisotopic (exact) mass is 496 g/mol. The van der Waals surface area contributed by atoms with Crippen molar-refractivity contribution in [2.75, 3.05) is 17.5 Å². The molecule has 0 heterocycles. The molecule has 0 atom stereocenters. The van der Waals surface area contributed by atoms with Crippen molar-refractivity contribution in [3.8, 4) is 11.5 Å². The van der Waals surface area contributed by atoms with Gasteiger partial charge in [0.05, 0.1) is 23.3 Å². The lowest BCUT2D eigenvalue weighted by molar-refractivity contribution is -0.119. The van der Waals surface area contributed by atoms with Crippen LogP contribution in [0.15, 0.2) is 77.7 Å². The summed E-state index contributed by atoms with van der Waals surface area (Å²) in [4.78, 5) is 13.0. The molecule has 0 spiro atoms. The molecule has 3 aromatic rings. The van der Waals surface area contributed by atoms with Gasteiger partial charge in [-0.3, -0.25) is 9.10 Å². The Morgan fingerprint density at radius 3 is 2.29 bits per heavy atom. The number of aryl methyl sites for hydroxylation is 1. The zero-order chi connectivity index (χ0) is 25.4. The number of carbonyl (C=O) groups is 1. The van der Waals surface area contributed by atoms with Gasteiger partial charge in [-0.15, -0.1) is 0 Å². The van der Waals surface area contributed by atoms with Crippen LogP contribution in [0, 0.1) is 6.92 Å². The first kappa shape index (κ1) is 26.1. The number of rotatable bonds is 11. The van der Waals surface area contributed by atoms with Crippen molar-refractivity contribution in [3.05, 3.63) is 83.9 Å². The molecule has 0 aliphatic heterocycles. The highest BCUT2D eigenvalue weighted by Crippen LogP contribution is 2.26. The highest BCUT2D eigenvalue weighted by Gasteiger charge is 2.27. The Hall–Kier alpha value is -3.52. The second kappa shape index (κ2) is 11.8. The van der Waals surface area contributed by atoms with E-state index in [1.54, 1.807) is 48.5 Å². The van der Waals surface area contributed by atoms with Crippen molar-refractivity contribution < 1.29 is 22.7 Å². The van der Waals surface area contributed by atoms with Gasteiger partial charge >= 0.3 is 0 Å². The summed E-state index contributed by atoms with van der Waals surface area (Å²) in [7, 11) is -3.98.